The molecular weight excluding hydrogens is 290 g/mol. The number of rotatable bonds is 2. The summed E-state index contributed by atoms with van der Waals surface area (Å²) in [5, 5.41) is 2.56. The van der Waals surface area contributed by atoms with E-state index >= 15 is 0 Å². The molecule has 2 rings (SSSR count). The number of carbonyl (C=O) groups is 1. The maximum atomic E-state index is 10.7. The first kappa shape index (κ1) is 11.3. The zero-order valence-corrected chi connectivity index (χ0v) is 10.8. The molecule has 1 aromatic carbocycles. The zero-order valence-electron chi connectivity index (χ0n) is 8.44. The predicted molar refractivity (Wildman–Crippen MR) is 66.6 cm³/mol. The largest absolute Gasteiger partial charge is 0.407 e. The third-order valence-corrected chi connectivity index (χ3v) is 3.22. The molecule has 0 fully saturated rings. The zero-order chi connectivity index (χ0) is 11.5. The van der Waals surface area contributed by atoms with Crippen LogP contribution in [0.15, 0.2) is 34.1 Å². The number of esters is 1. The summed E-state index contributed by atoms with van der Waals surface area (Å²) < 4.78 is 5.91. The number of benzene rings is 1. The minimum atomic E-state index is -0.354. The van der Waals surface area contributed by atoms with Crippen LogP contribution in [0.1, 0.15) is 6.92 Å². The van der Waals surface area contributed by atoms with Gasteiger partial charge in [0.15, 0.2) is 0 Å². The molecule has 1 heterocycles. The third-order valence-electron chi connectivity index (χ3n) is 1.82. The maximum Gasteiger partial charge on any atom is 0.309 e. The van der Waals surface area contributed by atoms with E-state index in [1.54, 1.807) is 5.38 Å². The van der Waals surface area contributed by atoms with Crippen LogP contribution in [-0.2, 0) is 4.79 Å². The van der Waals surface area contributed by atoms with Crippen molar-refractivity contribution < 1.29 is 9.53 Å². The first-order valence-electron chi connectivity index (χ1n) is 4.55. The summed E-state index contributed by atoms with van der Waals surface area (Å²) in [6.07, 6.45) is 0. The van der Waals surface area contributed by atoms with Crippen molar-refractivity contribution in [2.75, 3.05) is 0 Å². The van der Waals surface area contributed by atoms with Gasteiger partial charge in [0.1, 0.15) is 5.01 Å². The number of carbonyl (C=O) groups excluding carboxylic acids is 1. The molecule has 3 nitrogen and oxygen atoms in total. The molecule has 0 N–H and O–H groups in total. The lowest BCUT2D eigenvalue weighted by atomic mass is 10.2. The lowest BCUT2D eigenvalue weighted by Crippen LogP contribution is -2.01. The van der Waals surface area contributed by atoms with Gasteiger partial charge in [-0.25, -0.2) is 4.98 Å². The van der Waals surface area contributed by atoms with Crippen molar-refractivity contribution in [1.29, 1.82) is 0 Å². The van der Waals surface area contributed by atoms with Gasteiger partial charge >= 0.3 is 5.97 Å². The number of hydrogen-bond donors (Lipinski definition) is 0. The van der Waals surface area contributed by atoms with Gasteiger partial charge in [-0.05, 0) is 12.1 Å². The van der Waals surface area contributed by atoms with Crippen molar-refractivity contribution in [2.45, 2.75) is 6.92 Å². The Kier molecular flexibility index (Phi) is 3.36. The fourth-order valence-electron chi connectivity index (χ4n) is 1.18. The van der Waals surface area contributed by atoms with Crippen LogP contribution in [0, 0.1) is 0 Å². The average molecular weight is 298 g/mol. The van der Waals surface area contributed by atoms with Crippen molar-refractivity contribution in [3.05, 3.63) is 34.1 Å². The number of halogens is 1. The van der Waals surface area contributed by atoms with E-state index in [9.17, 15) is 4.79 Å². The van der Waals surface area contributed by atoms with Crippen molar-refractivity contribution >= 4 is 33.2 Å². The fraction of sp³-hybridized carbons (Fsp3) is 0.0909. The van der Waals surface area contributed by atoms with Crippen LogP contribution in [0.5, 0.6) is 5.88 Å². The van der Waals surface area contributed by atoms with Gasteiger partial charge in [0.25, 0.3) is 0 Å². The Hall–Kier alpha value is -1.20. The SMILES string of the molecule is CC(=O)Oc1csc(-c2ccc(Br)cc2)n1. The first-order valence-corrected chi connectivity index (χ1v) is 6.22. The highest BCUT2D eigenvalue weighted by atomic mass is 79.9. The Labute approximate surface area is 105 Å². The van der Waals surface area contributed by atoms with E-state index in [-0.39, 0.29) is 5.97 Å². The van der Waals surface area contributed by atoms with Gasteiger partial charge in [-0.2, -0.15) is 0 Å². The van der Waals surface area contributed by atoms with Crippen molar-refractivity contribution in [3.63, 3.8) is 0 Å². The molecule has 82 valence electrons. The molecule has 0 aliphatic heterocycles. The van der Waals surface area contributed by atoms with Crippen molar-refractivity contribution in [3.8, 4) is 16.5 Å². The summed E-state index contributed by atoms with van der Waals surface area (Å²) in [4.78, 5) is 15.0. The number of aromatic nitrogens is 1. The standard InChI is InChI=1S/C11H8BrNO2S/c1-7(14)15-10-6-16-11(13-10)8-2-4-9(12)5-3-8/h2-6H,1H3. The van der Waals surface area contributed by atoms with Gasteiger partial charge < -0.3 is 4.74 Å². The molecule has 5 heteroatoms. The topological polar surface area (TPSA) is 39.2 Å². The molecule has 2 aromatic rings. The number of thiazole rings is 1. The van der Waals surface area contributed by atoms with E-state index in [0.29, 0.717) is 5.88 Å². The summed E-state index contributed by atoms with van der Waals surface area (Å²) in [5.41, 5.74) is 1.01. The van der Waals surface area contributed by atoms with E-state index in [0.717, 1.165) is 15.0 Å². The molecule has 0 atom stereocenters. The molecule has 0 aliphatic carbocycles. The van der Waals surface area contributed by atoms with E-state index < -0.39 is 0 Å². The Morgan fingerprint density at radius 2 is 2.06 bits per heavy atom. The molecule has 16 heavy (non-hydrogen) atoms. The van der Waals surface area contributed by atoms with E-state index in [1.807, 2.05) is 24.3 Å². The van der Waals surface area contributed by atoms with Crippen molar-refractivity contribution in [1.82, 2.24) is 4.98 Å². The van der Waals surface area contributed by atoms with Gasteiger partial charge in [-0.3, -0.25) is 4.79 Å². The Bertz CT molecular complexity index is 507. The minimum absolute atomic E-state index is 0.354. The Balaban J connectivity index is 2.24. The van der Waals surface area contributed by atoms with Crippen LogP contribution in [0.4, 0.5) is 0 Å². The van der Waals surface area contributed by atoms with Gasteiger partial charge in [0.2, 0.25) is 5.88 Å². The molecule has 0 saturated heterocycles. The lowest BCUT2D eigenvalue weighted by molar-refractivity contribution is -0.132. The van der Waals surface area contributed by atoms with Gasteiger partial charge in [-0.1, -0.05) is 28.1 Å². The smallest absolute Gasteiger partial charge is 0.309 e. The molecule has 0 unspecified atom stereocenters. The van der Waals surface area contributed by atoms with E-state index in [1.165, 1.54) is 18.3 Å². The monoisotopic (exact) mass is 297 g/mol. The van der Waals surface area contributed by atoms with Crippen molar-refractivity contribution in [2.24, 2.45) is 0 Å². The molecule has 0 bridgehead atoms. The fourth-order valence-corrected chi connectivity index (χ4v) is 2.17. The second-order valence-corrected chi connectivity index (χ2v) is 4.87. The molecule has 0 spiro atoms. The molecule has 1 aromatic heterocycles. The Morgan fingerprint density at radius 3 is 2.69 bits per heavy atom. The highest BCUT2D eigenvalue weighted by molar-refractivity contribution is 9.10. The van der Waals surface area contributed by atoms with Crippen LogP contribution in [0.2, 0.25) is 0 Å². The third kappa shape index (κ3) is 2.68. The second kappa shape index (κ2) is 4.76. The summed E-state index contributed by atoms with van der Waals surface area (Å²) >= 11 is 4.82. The molecule has 0 aliphatic rings. The van der Waals surface area contributed by atoms with Crippen LogP contribution >= 0.6 is 27.3 Å². The van der Waals surface area contributed by atoms with Gasteiger partial charge in [0.05, 0.1) is 5.38 Å². The highest BCUT2D eigenvalue weighted by Crippen LogP contribution is 2.27. The highest BCUT2D eigenvalue weighted by Gasteiger charge is 2.06. The Morgan fingerprint density at radius 1 is 1.38 bits per heavy atom. The summed E-state index contributed by atoms with van der Waals surface area (Å²) in [5.74, 6) is 0.00285. The maximum absolute atomic E-state index is 10.7. The van der Waals surface area contributed by atoms with Gasteiger partial charge in [0, 0.05) is 17.0 Å². The number of hydrogen-bond acceptors (Lipinski definition) is 4. The summed E-state index contributed by atoms with van der Waals surface area (Å²) in [6, 6.07) is 7.81. The molecular formula is C11H8BrNO2S. The average Bonchev–Trinajstić information content (AvgIpc) is 2.66. The molecule has 0 saturated carbocycles. The molecule has 0 amide bonds. The van der Waals surface area contributed by atoms with Crippen LogP contribution in [-0.4, -0.2) is 11.0 Å². The number of nitrogens with zero attached hydrogens (tertiary/aromatic N) is 1. The predicted octanol–water partition coefficient (Wildman–Crippen LogP) is 3.50. The van der Waals surface area contributed by atoms with Crippen LogP contribution in [0.25, 0.3) is 10.6 Å². The quantitative estimate of drug-likeness (QED) is 0.797. The number of ether oxygens (including phenoxy) is 1. The summed E-state index contributed by atoms with van der Waals surface area (Å²) in [7, 11) is 0. The van der Waals surface area contributed by atoms with E-state index in [2.05, 4.69) is 20.9 Å². The lowest BCUT2D eigenvalue weighted by Gasteiger charge is -1.96. The minimum Gasteiger partial charge on any atom is -0.407 e. The summed E-state index contributed by atoms with van der Waals surface area (Å²) in [6.45, 7) is 1.36. The van der Waals surface area contributed by atoms with E-state index in [4.69, 9.17) is 4.74 Å². The molecule has 0 radical (unpaired) electrons. The van der Waals surface area contributed by atoms with Crippen LogP contribution in [0.3, 0.4) is 0 Å². The van der Waals surface area contributed by atoms with Crippen LogP contribution < -0.4 is 4.74 Å². The second-order valence-electron chi connectivity index (χ2n) is 3.09. The van der Waals surface area contributed by atoms with Gasteiger partial charge in [-0.15, -0.1) is 11.3 Å². The first-order chi connectivity index (χ1) is 7.65. The normalized spacial score (nSPS) is 10.1.